The summed E-state index contributed by atoms with van der Waals surface area (Å²) >= 11 is 1.15. The molecule has 30 heavy (non-hydrogen) atoms. The third-order valence-corrected chi connectivity index (χ3v) is 5.98. The van der Waals surface area contributed by atoms with Crippen molar-refractivity contribution in [3.8, 4) is 0 Å². The molecule has 0 radical (unpaired) electrons. The van der Waals surface area contributed by atoms with E-state index in [0.717, 1.165) is 30.0 Å². The maximum Gasteiger partial charge on any atom is 0.279 e. The van der Waals surface area contributed by atoms with Gasteiger partial charge in [0.15, 0.2) is 5.16 Å². The smallest absolute Gasteiger partial charge is 0.279 e. The molecule has 0 bridgehead atoms. The van der Waals surface area contributed by atoms with Crippen molar-refractivity contribution in [3.05, 3.63) is 87.0 Å². The van der Waals surface area contributed by atoms with Crippen LogP contribution in [0.3, 0.4) is 0 Å². The van der Waals surface area contributed by atoms with E-state index in [1.807, 2.05) is 0 Å². The highest BCUT2D eigenvalue weighted by molar-refractivity contribution is 7.98. The van der Waals surface area contributed by atoms with Crippen molar-refractivity contribution in [1.29, 1.82) is 0 Å². The van der Waals surface area contributed by atoms with Gasteiger partial charge in [0.1, 0.15) is 23.3 Å². The Morgan fingerprint density at radius 1 is 1.13 bits per heavy atom. The second-order valence-electron chi connectivity index (χ2n) is 6.91. The van der Waals surface area contributed by atoms with E-state index in [1.54, 1.807) is 25.2 Å². The molecule has 1 N–H and O–H groups in total. The lowest BCUT2D eigenvalue weighted by molar-refractivity contribution is -0.116. The average molecular weight is 431 g/mol. The van der Waals surface area contributed by atoms with Gasteiger partial charge in [-0.2, -0.15) is 4.98 Å². The van der Waals surface area contributed by atoms with Gasteiger partial charge in [0.25, 0.3) is 5.56 Å². The van der Waals surface area contributed by atoms with E-state index < -0.39 is 23.1 Å². The summed E-state index contributed by atoms with van der Waals surface area (Å²) in [5, 5.41) is 2.94. The van der Waals surface area contributed by atoms with Crippen LogP contribution in [0.2, 0.25) is 0 Å². The minimum atomic E-state index is -0.823. The number of rotatable bonds is 4. The second-order valence-corrected chi connectivity index (χ2v) is 7.85. The van der Waals surface area contributed by atoms with E-state index in [1.165, 1.54) is 10.6 Å². The van der Waals surface area contributed by atoms with Crippen LogP contribution >= 0.6 is 11.8 Å². The largest absolute Gasteiger partial charge is 0.312 e. The van der Waals surface area contributed by atoms with Gasteiger partial charge >= 0.3 is 0 Å². The molecule has 0 aliphatic carbocycles. The number of anilines is 1. The number of halogens is 3. The van der Waals surface area contributed by atoms with Crippen LogP contribution in [0.1, 0.15) is 29.0 Å². The van der Waals surface area contributed by atoms with Gasteiger partial charge in [0, 0.05) is 31.2 Å². The first-order valence-corrected chi connectivity index (χ1v) is 10.0. The van der Waals surface area contributed by atoms with Crippen molar-refractivity contribution in [2.24, 2.45) is 7.05 Å². The molecule has 3 aromatic rings. The van der Waals surface area contributed by atoms with Gasteiger partial charge in [-0.1, -0.05) is 30.0 Å². The first-order chi connectivity index (χ1) is 14.3. The Labute approximate surface area is 174 Å². The maximum absolute atomic E-state index is 13.9. The van der Waals surface area contributed by atoms with Crippen molar-refractivity contribution in [2.75, 3.05) is 5.32 Å². The summed E-state index contributed by atoms with van der Waals surface area (Å²) in [6, 6.07) is 9.22. The van der Waals surface area contributed by atoms with Crippen LogP contribution in [0.15, 0.2) is 52.4 Å². The van der Waals surface area contributed by atoms with Crippen LogP contribution in [0.25, 0.3) is 0 Å². The normalized spacial score (nSPS) is 15.6. The zero-order chi connectivity index (χ0) is 21.4. The van der Waals surface area contributed by atoms with E-state index in [-0.39, 0.29) is 46.0 Å². The fourth-order valence-electron chi connectivity index (χ4n) is 3.48. The molecule has 1 atom stereocenters. The Balaban J connectivity index is 1.75. The number of benzene rings is 2. The molecule has 0 unspecified atom stereocenters. The Morgan fingerprint density at radius 3 is 2.53 bits per heavy atom. The number of thioether (sulfide) groups is 1. The van der Waals surface area contributed by atoms with E-state index in [9.17, 15) is 22.8 Å². The summed E-state index contributed by atoms with van der Waals surface area (Å²) in [6.07, 6.45) is -0.130. The van der Waals surface area contributed by atoms with Crippen LogP contribution in [-0.4, -0.2) is 15.5 Å². The second kappa shape index (κ2) is 7.98. The predicted octanol–water partition coefficient (Wildman–Crippen LogP) is 3.96. The first-order valence-electron chi connectivity index (χ1n) is 9.06. The van der Waals surface area contributed by atoms with Crippen LogP contribution in [0.4, 0.5) is 19.0 Å². The minimum absolute atomic E-state index is 0.130. The van der Waals surface area contributed by atoms with Crippen LogP contribution in [0, 0.1) is 17.5 Å². The third-order valence-electron chi connectivity index (χ3n) is 4.90. The lowest BCUT2D eigenvalue weighted by atomic mass is 9.86. The maximum atomic E-state index is 13.9. The van der Waals surface area contributed by atoms with Crippen molar-refractivity contribution in [2.45, 2.75) is 23.2 Å². The topological polar surface area (TPSA) is 64.0 Å². The van der Waals surface area contributed by atoms with E-state index >= 15 is 0 Å². The summed E-state index contributed by atoms with van der Waals surface area (Å²) in [6.45, 7) is 0. The van der Waals surface area contributed by atoms with Gasteiger partial charge in [-0.3, -0.25) is 9.59 Å². The number of carbonyl (C=O) groups excluding carboxylic acids is 1. The highest BCUT2D eigenvalue weighted by atomic mass is 32.2. The summed E-state index contributed by atoms with van der Waals surface area (Å²) in [5.74, 6) is -2.71. The SMILES string of the molecule is Cn1c(SCc2ccccc2F)nc(=O)c2c1NC(=O)C[C@@H]2c1cc(F)cc(F)c1. The summed E-state index contributed by atoms with van der Waals surface area (Å²) in [5.41, 5.74) is 0.201. The first kappa shape index (κ1) is 20.2. The van der Waals surface area contributed by atoms with E-state index in [0.29, 0.717) is 5.56 Å². The minimum Gasteiger partial charge on any atom is -0.312 e. The number of fused-ring (bicyclic) bond motifs is 1. The molecule has 154 valence electrons. The van der Waals surface area contributed by atoms with Crippen molar-refractivity contribution < 1.29 is 18.0 Å². The molecule has 0 spiro atoms. The summed E-state index contributed by atoms with van der Waals surface area (Å²) in [4.78, 5) is 29.2. The number of nitrogens with zero attached hydrogens (tertiary/aromatic N) is 2. The molecule has 0 fully saturated rings. The summed E-state index contributed by atoms with van der Waals surface area (Å²) < 4.78 is 42.9. The molecule has 5 nitrogen and oxygen atoms in total. The highest BCUT2D eigenvalue weighted by Crippen LogP contribution is 2.36. The molecule has 4 rings (SSSR count). The van der Waals surface area contributed by atoms with Crippen molar-refractivity contribution in [1.82, 2.24) is 9.55 Å². The van der Waals surface area contributed by atoms with Gasteiger partial charge in [0.05, 0.1) is 5.56 Å². The lowest BCUT2D eigenvalue weighted by Gasteiger charge is -2.27. The number of nitrogens with one attached hydrogen (secondary N) is 1. The quantitative estimate of drug-likeness (QED) is 0.502. The Kier molecular flexibility index (Phi) is 5.38. The van der Waals surface area contributed by atoms with Gasteiger partial charge in [-0.05, 0) is 29.3 Å². The van der Waals surface area contributed by atoms with Gasteiger partial charge in [-0.25, -0.2) is 13.2 Å². The van der Waals surface area contributed by atoms with Gasteiger partial charge < -0.3 is 9.88 Å². The molecule has 9 heteroatoms. The van der Waals surface area contributed by atoms with Crippen LogP contribution < -0.4 is 10.9 Å². The van der Waals surface area contributed by atoms with Crippen LogP contribution in [0.5, 0.6) is 0 Å². The number of aromatic nitrogens is 2. The molecule has 2 heterocycles. The fraction of sp³-hybridized carbons (Fsp3) is 0.190. The van der Waals surface area contributed by atoms with E-state index in [4.69, 9.17) is 0 Å². The fourth-order valence-corrected chi connectivity index (χ4v) is 4.43. The van der Waals surface area contributed by atoms with Gasteiger partial charge in [0.2, 0.25) is 5.91 Å². The lowest BCUT2D eigenvalue weighted by Crippen LogP contribution is -2.33. The molecule has 1 aliphatic heterocycles. The molecule has 0 saturated carbocycles. The number of amides is 1. The zero-order valence-electron chi connectivity index (χ0n) is 15.8. The molecular formula is C21H16F3N3O2S. The molecule has 0 saturated heterocycles. The number of carbonyl (C=O) groups is 1. The highest BCUT2D eigenvalue weighted by Gasteiger charge is 2.32. The molecule has 1 amide bonds. The molecular weight excluding hydrogens is 415 g/mol. The Hall–Kier alpha value is -3.07. The van der Waals surface area contributed by atoms with Crippen molar-refractivity contribution >= 4 is 23.5 Å². The molecule has 1 aromatic heterocycles. The molecule has 1 aliphatic rings. The Bertz CT molecular complexity index is 1190. The van der Waals surface area contributed by atoms with Crippen molar-refractivity contribution in [3.63, 3.8) is 0 Å². The summed E-state index contributed by atoms with van der Waals surface area (Å²) in [7, 11) is 1.61. The average Bonchev–Trinajstić information content (AvgIpc) is 2.69. The van der Waals surface area contributed by atoms with Gasteiger partial charge in [-0.15, -0.1) is 0 Å². The molecule has 2 aromatic carbocycles. The zero-order valence-corrected chi connectivity index (χ0v) is 16.6. The standard InChI is InChI=1S/C21H16F3N3O2S/c1-27-19-18(15(9-17(28)25-19)12-6-13(22)8-14(23)7-12)20(29)26-21(27)30-10-11-4-2-3-5-16(11)24/h2-8,15H,9-10H2,1H3,(H,25,28)/t15-/m1/s1. The number of hydrogen-bond donors (Lipinski definition) is 1. The Morgan fingerprint density at radius 2 is 1.83 bits per heavy atom. The van der Waals surface area contributed by atoms with Crippen LogP contribution in [-0.2, 0) is 17.6 Å². The van der Waals surface area contributed by atoms with E-state index in [2.05, 4.69) is 10.3 Å². The third kappa shape index (κ3) is 3.85. The number of hydrogen-bond acceptors (Lipinski definition) is 4. The predicted molar refractivity (Wildman–Crippen MR) is 107 cm³/mol. The monoisotopic (exact) mass is 431 g/mol.